The number of cyclic esters (lactones) is 1. The Morgan fingerprint density at radius 3 is 2.18 bits per heavy atom. The third-order valence-electron chi connectivity index (χ3n) is 15.6. The average Bonchev–Trinajstić information content (AvgIpc) is 3.30. The topological polar surface area (TPSA) is 235 Å². The van der Waals surface area contributed by atoms with Gasteiger partial charge < -0.3 is 63.0 Å². The fourth-order valence-electron chi connectivity index (χ4n) is 11.5. The molecule has 71 heavy (non-hydrogen) atoms. The van der Waals surface area contributed by atoms with Crippen LogP contribution in [-0.4, -0.2) is 163 Å². The second-order valence-electron chi connectivity index (χ2n) is 22.1. The van der Waals surface area contributed by atoms with Crippen LogP contribution in [0.15, 0.2) is 5.16 Å². The zero-order valence-corrected chi connectivity index (χ0v) is 45.8. The van der Waals surface area contributed by atoms with Crippen LogP contribution in [-0.2, 0) is 52.3 Å². The first-order valence-electron chi connectivity index (χ1n) is 26.5. The highest BCUT2D eigenvalue weighted by Gasteiger charge is 2.55. The number of carbonyl (C=O) groups is 3. The van der Waals surface area contributed by atoms with Crippen molar-refractivity contribution in [2.75, 3.05) is 34.4 Å². The monoisotopic (exact) mass is 1010 g/mol. The molecule has 3 heterocycles. The smallest absolute Gasteiger partial charge is 0.422 e. The molecule has 1 amide bonds. The molecule has 19 heteroatoms. The van der Waals surface area contributed by atoms with E-state index < -0.39 is 114 Å². The normalized spacial score (nSPS) is 40.9. The molecular weight excluding hydrogens is 921 g/mol. The van der Waals surface area contributed by atoms with Crippen molar-refractivity contribution in [1.82, 2.24) is 15.8 Å². The number of hydrogen-bond donors (Lipinski definition) is 5. The van der Waals surface area contributed by atoms with Gasteiger partial charge in [0.1, 0.15) is 23.9 Å². The van der Waals surface area contributed by atoms with Gasteiger partial charge in [0.05, 0.1) is 53.8 Å². The minimum absolute atomic E-state index is 0.0245. The predicted octanol–water partition coefficient (Wildman–Crippen LogP) is 6.17. The van der Waals surface area contributed by atoms with Crippen molar-refractivity contribution < 1.29 is 72.4 Å². The Bertz CT molecular complexity index is 1700. The summed E-state index contributed by atoms with van der Waals surface area (Å²) in [6, 6.07) is -0.386. The maximum absolute atomic E-state index is 14.7. The summed E-state index contributed by atoms with van der Waals surface area (Å²) in [5, 5.41) is 42.3. The number of ether oxygens (including phenoxy) is 8. The molecule has 18 atom stereocenters. The number of hydrazine groups is 1. The minimum Gasteiger partial charge on any atom is -0.459 e. The number of rotatable bonds is 17. The van der Waals surface area contributed by atoms with Crippen LogP contribution in [0.2, 0.25) is 0 Å². The highest BCUT2D eigenvalue weighted by molar-refractivity contribution is 5.88. The number of aliphatic hydroxyl groups is 3. The molecule has 1 unspecified atom stereocenters. The van der Waals surface area contributed by atoms with Crippen molar-refractivity contribution in [2.24, 2.45) is 34.7 Å². The Labute approximate surface area is 424 Å². The second kappa shape index (κ2) is 27.2. The molecule has 3 aliphatic heterocycles. The zero-order valence-electron chi connectivity index (χ0n) is 45.8. The summed E-state index contributed by atoms with van der Waals surface area (Å²) in [5.41, 5.74) is 0.980. The fourth-order valence-corrected chi connectivity index (χ4v) is 11.5. The molecule has 3 saturated heterocycles. The molecule has 4 fully saturated rings. The van der Waals surface area contributed by atoms with Gasteiger partial charge in [-0.15, -0.1) is 0 Å². The number of likely N-dealkylation sites (N-methyl/N-ethyl adjacent to an activating group) is 1. The lowest BCUT2D eigenvalue weighted by Crippen LogP contribution is -2.62. The van der Waals surface area contributed by atoms with Crippen molar-refractivity contribution in [3.8, 4) is 0 Å². The first-order valence-corrected chi connectivity index (χ1v) is 26.5. The summed E-state index contributed by atoms with van der Waals surface area (Å²) in [6.45, 7) is 21.4. The number of esters is 2. The number of hydrogen-bond acceptors (Lipinski definition) is 18. The number of nitrogens with one attached hydrogen (secondary N) is 2. The number of methoxy groups -OCH3 is 1. The van der Waals surface area contributed by atoms with Gasteiger partial charge in [0, 0.05) is 44.8 Å². The molecule has 1 aliphatic carbocycles. The highest BCUT2D eigenvalue weighted by Crippen LogP contribution is 2.42. The molecule has 5 N–H and O–H groups in total. The van der Waals surface area contributed by atoms with Gasteiger partial charge in [-0.05, 0) is 100 Å². The lowest BCUT2D eigenvalue weighted by molar-refractivity contribution is -0.318. The largest absolute Gasteiger partial charge is 0.459 e. The summed E-state index contributed by atoms with van der Waals surface area (Å²) < 4.78 is 51.0. The summed E-state index contributed by atoms with van der Waals surface area (Å²) in [7, 11) is 5.26. The SMILES string of the molecule is CCCNNC(=O)O[C@H]1[C@H](O[C@@H]2[C@@H](C)[C@H](O[C@H]3C[C@@](C)(OC)[C@@H](OC(C)=O)[C@H](C)O3)[C@@H](C)C(=O)O[C@@H](CC)[C@@](C)(O)[C@H](O)[C@H](C)/C(=N/OCCCC3CCCCC3)[C@H](C)CC2(C)O)O[C@H](C)C[C@@H]1N(C)C. The van der Waals surface area contributed by atoms with Crippen LogP contribution in [0.5, 0.6) is 0 Å². The third kappa shape index (κ3) is 16.1. The number of amides is 1. The summed E-state index contributed by atoms with van der Waals surface area (Å²) in [4.78, 5) is 48.4. The predicted molar refractivity (Wildman–Crippen MR) is 266 cm³/mol. The molecule has 4 aliphatic rings. The first-order chi connectivity index (χ1) is 33.3. The van der Waals surface area contributed by atoms with Gasteiger partial charge in [0.25, 0.3) is 0 Å². The van der Waals surface area contributed by atoms with Crippen LogP contribution in [0.3, 0.4) is 0 Å². The second-order valence-corrected chi connectivity index (χ2v) is 22.1. The maximum Gasteiger partial charge on any atom is 0.422 e. The first kappa shape index (κ1) is 60.8. The Morgan fingerprint density at radius 2 is 1.58 bits per heavy atom. The van der Waals surface area contributed by atoms with E-state index in [1.807, 2.05) is 39.8 Å². The quantitative estimate of drug-likeness (QED) is 0.0474. The lowest BCUT2D eigenvalue weighted by atomic mass is 9.73. The van der Waals surface area contributed by atoms with Gasteiger partial charge in [0.2, 0.25) is 0 Å². The van der Waals surface area contributed by atoms with Crippen LogP contribution in [0.4, 0.5) is 4.79 Å². The number of aliphatic hydroxyl groups excluding tert-OH is 1. The number of carbonyl (C=O) groups excluding carboxylic acids is 3. The molecule has 0 bridgehead atoms. The minimum atomic E-state index is -1.97. The molecule has 0 aromatic carbocycles. The van der Waals surface area contributed by atoms with Gasteiger partial charge in [-0.1, -0.05) is 71.9 Å². The van der Waals surface area contributed by atoms with Crippen LogP contribution in [0.1, 0.15) is 160 Å². The van der Waals surface area contributed by atoms with E-state index >= 15 is 0 Å². The highest BCUT2D eigenvalue weighted by atomic mass is 16.7. The number of oxime groups is 1. The van der Waals surface area contributed by atoms with Crippen LogP contribution in [0, 0.1) is 29.6 Å². The van der Waals surface area contributed by atoms with Crippen molar-refractivity contribution >= 4 is 23.7 Å². The standard InChI is InChI=1S/C52H94N4O15/c1-16-25-53-54-49(60)70-43-38(56(13)14)27-31(4)65-48(43)71-45-33(6)42(69-40-29-51(11,63-15)46(35(8)66-40)67-36(9)57)34(7)47(59)68-39(17-2)52(12,62)44(58)32(5)41(30(3)28-50(45,10)61)55-64-26-21-24-37-22-19-18-20-23-37/h30-35,37-40,42-46,48,53,58,61-62H,16-29H2,1-15H3,(H,54,60)/b55-41+/t30-,31-,32-,33+,34-,35+,38+,39+,40+,42+,43-,44-,45-,46+,48+,50?,51-,52-/m1/s1. The Balaban J connectivity index is 1.87. The van der Waals surface area contributed by atoms with E-state index in [0.717, 1.165) is 19.3 Å². The molecule has 0 aromatic heterocycles. The van der Waals surface area contributed by atoms with E-state index in [1.165, 1.54) is 53.1 Å². The van der Waals surface area contributed by atoms with E-state index in [9.17, 15) is 29.7 Å². The van der Waals surface area contributed by atoms with Gasteiger partial charge in [0.15, 0.2) is 24.8 Å². The van der Waals surface area contributed by atoms with E-state index in [2.05, 4.69) is 16.0 Å². The van der Waals surface area contributed by atoms with E-state index in [1.54, 1.807) is 48.5 Å². The molecule has 0 radical (unpaired) electrons. The van der Waals surface area contributed by atoms with Crippen LogP contribution < -0.4 is 10.9 Å². The van der Waals surface area contributed by atoms with Crippen molar-refractivity contribution in [1.29, 1.82) is 0 Å². The fraction of sp³-hybridized carbons (Fsp3) is 0.923. The van der Waals surface area contributed by atoms with Gasteiger partial charge in [-0.2, -0.15) is 0 Å². The molecule has 1 saturated carbocycles. The summed E-state index contributed by atoms with van der Waals surface area (Å²) >= 11 is 0. The Kier molecular flexibility index (Phi) is 23.3. The van der Waals surface area contributed by atoms with Crippen molar-refractivity contribution in [3.63, 3.8) is 0 Å². The summed E-state index contributed by atoms with van der Waals surface area (Å²) in [6.07, 6.45) is -1.60. The zero-order chi connectivity index (χ0) is 53.0. The van der Waals surface area contributed by atoms with Gasteiger partial charge >= 0.3 is 18.0 Å². The van der Waals surface area contributed by atoms with Gasteiger partial charge in [-0.25, -0.2) is 10.2 Å². The van der Waals surface area contributed by atoms with Gasteiger partial charge in [-0.3, -0.25) is 15.0 Å². The molecule has 412 valence electrons. The number of nitrogens with zero attached hydrogens (tertiary/aromatic N) is 2. The third-order valence-corrected chi connectivity index (χ3v) is 15.6. The molecule has 4 rings (SSSR count). The van der Waals surface area contributed by atoms with E-state index in [-0.39, 0.29) is 31.4 Å². The Morgan fingerprint density at radius 1 is 0.901 bits per heavy atom. The van der Waals surface area contributed by atoms with Crippen LogP contribution >= 0.6 is 0 Å². The van der Waals surface area contributed by atoms with E-state index in [4.69, 9.17) is 42.7 Å². The molecule has 0 aromatic rings. The van der Waals surface area contributed by atoms with Crippen molar-refractivity contribution in [3.05, 3.63) is 0 Å². The molecule has 0 spiro atoms. The average molecular weight is 1020 g/mol. The lowest BCUT2D eigenvalue weighted by Gasteiger charge is -2.49. The van der Waals surface area contributed by atoms with Crippen molar-refractivity contribution in [2.45, 2.75) is 244 Å². The molecule has 19 nitrogen and oxygen atoms in total. The van der Waals surface area contributed by atoms with Crippen LogP contribution in [0.25, 0.3) is 0 Å². The Hall–Kier alpha value is -2.72. The molecular formula is C52H94N4O15. The van der Waals surface area contributed by atoms with E-state index in [0.29, 0.717) is 31.2 Å². The summed E-state index contributed by atoms with van der Waals surface area (Å²) in [5.74, 6) is -4.07. The maximum atomic E-state index is 14.7.